The molecule has 3 rings (SSSR count). The number of aliphatic imine (C=N–C) groups is 1. The molecule has 21 heavy (non-hydrogen) atoms. The Labute approximate surface area is 124 Å². The monoisotopic (exact) mass is 281 g/mol. The molecule has 1 aliphatic heterocycles. The molecule has 4 heteroatoms. The number of rotatable bonds is 2. The third-order valence-electron chi connectivity index (χ3n) is 3.63. The summed E-state index contributed by atoms with van der Waals surface area (Å²) in [6.07, 6.45) is 0.786. The van der Waals surface area contributed by atoms with Crippen molar-refractivity contribution in [2.45, 2.75) is 19.4 Å². The summed E-state index contributed by atoms with van der Waals surface area (Å²) >= 11 is 0. The van der Waals surface area contributed by atoms with Crippen molar-refractivity contribution in [3.8, 4) is 5.75 Å². The van der Waals surface area contributed by atoms with Gasteiger partial charge in [0.1, 0.15) is 11.4 Å². The lowest BCUT2D eigenvalue weighted by Gasteiger charge is -2.31. The highest BCUT2D eigenvalue weighted by Gasteiger charge is 2.26. The molecule has 0 saturated heterocycles. The maximum absolute atomic E-state index is 6.06. The summed E-state index contributed by atoms with van der Waals surface area (Å²) in [6, 6.07) is 15.7. The molecule has 1 atom stereocenters. The molecule has 0 aromatic heterocycles. The molecule has 0 aliphatic carbocycles. The summed E-state index contributed by atoms with van der Waals surface area (Å²) < 4.78 is 6.06. The molecule has 0 amide bonds. The molecule has 1 aliphatic rings. The van der Waals surface area contributed by atoms with E-state index in [1.54, 1.807) is 0 Å². The lowest BCUT2D eigenvalue weighted by atomic mass is 10.1. The molecule has 1 heterocycles. The standard InChI is InChI=1S/C17H19N3O/c1-3-15-17(20(2)13-7-5-4-6-8-13)19-14-10-9-12(18)11-16(14)21-15/h4-11,15H,3,18H2,1-2H3. The molecule has 0 bridgehead atoms. The topological polar surface area (TPSA) is 50.9 Å². The van der Waals surface area contributed by atoms with Gasteiger partial charge in [0.05, 0.1) is 0 Å². The smallest absolute Gasteiger partial charge is 0.156 e. The van der Waals surface area contributed by atoms with Crippen LogP contribution in [0.25, 0.3) is 0 Å². The number of anilines is 2. The van der Waals surface area contributed by atoms with Crippen LogP contribution in [0.1, 0.15) is 13.3 Å². The fourth-order valence-corrected chi connectivity index (χ4v) is 2.46. The maximum Gasteiger partial charge on any atom is 0.156 e. The minimum absolute atomic E-state index is 0.0653. The molecule has 2 aromatic carbocycles. The van der Waals surface area contributed by atoms with Crippen LogP contribution in [0.4, 0.5) is 17.1 Å². The van der Waals surface area contributed by atoms with Crippen molar-refractivity contribution >= 4 is 22.9 Å². The van der Waals surface area contributed by atoms with Crippen LogP contribution in [0.2, 0.25) is 0 Å². The average Bonchev–Trinajstić information content (AvgIpc) is 2.53. The van der Waals surface area contributed by atoms with Gasteiger partial charge in [0.2, 0.25) is 0 Å². The average molecular weight is 281 g/mol. The highest BCUT2D eigenvalue weighted by molar-refractivity contribution is 6.03. The van der Waals surface area contributed by atoms with Gasteiger partial charge in [0, 0.05) is 24.5 Å². The molecule has 108 valence electrons. The van der Waals surface area contributed by atoms with Crippen LogP contribution in [0.5, 0.6) is 5.75 Å². The van der Waals surface area contributed by atoms with Crippen LogP contribution in [0, 0.1) is 0 Å². The van der Waals surface area contributed by atoms with E-state index in [0.717, 1.165) is 29.4 Å². The Bertz CT molecular complexity index is 667. The predicted octanol–water partition coefficient (Wildman–Crippen LogP) is 3.61. The summed E-state index contributed by atoms with van der Waals surface area (Å²) in [5.74, 6) is 1.67. The van der Waals surface area contributed by atoms with Gasteiger partial charge in [-0.05, 0) is 30.7 Å². The van der Waals surface area contributed by atoms with E-state index in [1.165, 1.54) is 0 Å². The summed E-state index contributed by atoms with van der Waals surface area (Å²) in [4.78, 5) is 6.85. The fraction of sp³-hybridized carbons (Fsp3) is 0.235. The van der Waals surface area contributed by atoms with Crippen LogP contribution < -0.4 is 15.4 Å². The molecule has 0 radical (unpaired) electrons. The Kier molecular flexibility index (Phi) is 3.52. The van der Waals surface area contributed by atoms with Crippen molar-refractivity contribution in [3.05, 3.63) is 48.5 Å². The maximum atomic E-state index is 6.06. The number of benzene rings is 2. The third-order valence-corrected chi connectivity index (χ3v) is 3.63. The predicted molar refractivity (Wildman–Crippen MR) is 87.5 cm³/mol. The Hall–Kier alpha value is -2.49. The number of nitrogens with two attached hydrogens (primary N) is 1. The van der Waals surface area contributed by atoms with Crippen molar-refractivity contribution < 1.29 is 4.74 Å². The second-order valence-corrected chi connectivity index (χ2v) is 5.11. The minimum Gasteiger partial charge on any atom is -0.480 e. The number of fused-ring (bicyclic) bond motifs is 1. The number of para-hydroxylation sites is 1. The van der Waals surface area contributed by atoms with E-state index in [4.69, 9.17) is 15.5 Å². The first-order chi connectivity index (χ1) is 10.2. The van der Waals surface area contributed by atoms with E-state index in [-0.39, 0.29) is 6.10 Å². The van der Waals surface area contributed by atoms with Crippen molar-refractivity contribution in [1.29, 1.82) is 0 Å². The highest BCUT2D eigenvalue weighted by Crippen LogP contribution is 2.35. The summed E-state index contributed by atoms with van der Waals surface area (Å²) in [5, 5.41) is 0. The summed E-state index contributed by atoms with van der Waals surface area (Å²) in [6.45, 7) is 2.09. The van der Waals surface area contributed by atoms with E-state index in [9.17, 15) is 0 Å². The molecule has 0 saturated carbocycles. The molecule has 2 aromatic rings. The first-order valence-electron chi connectivity index (χ1n) is 7.12. The van der Waals surface area contributed by atoms with Gasteiger partial charge < -0.3 is 15.4 Å². The first kappa shape index (κ1) is 13.5. The van der Waals surface area contributed by atoms with Crippen LogP contribution in [-0.4, -0.2) is 19.0 Å². The molecule has 4 nitrogen and oxygen atoms in total. The van der Waals surface area contributed by atoms with E-state index >= 15 is 0 Å². The SMILES string of the molecule is CCC1Oc2cc(N)ccc2N=C1N(C)c1ccccc1. The van der Waals surface area contributed by atoms with Gasteiger partial charge in [-0.3, -0.25) is 0 Å². The molecule has 2 N–H and O–H groups in total. The van der Waals surface area contributed by atoms with E-state index in [1.807, 2.05) is 43.4 Å². The molecular formula is C17H19N3O. The number of hydrogen-bond donors (Lipinski definition) is 1. The van der Waals surface area contributed by atoms with Gasteiger partial charge >= 0.3 is 0 Å². The van der Waals surface area contributed by atoms with Crippen molar-refractivity contribution in [2.24, 2.45) is 4.99 Å². The van der Waals surface area contributed by atoms with E-state index in [2.05, 4.69) is 24.0 Å². The van der Waals surface area contributed by atoms with Crippen LogP contribution >= 0.6 is 0 Å². The van der Waals surface area contributed by atoms with E-state index < -0.39 is 0 Å². The number of nitrogens with zero attached hydrogens (tertiary/aromatic N) is 2. The lowest BCUT2D eigenvalue weighted by molar-refractivity contribution is 0.257. The van der Waals surface area contributed by atoms with Gasteiger partial charge in [-0.2, -0.15) is 0 Å². The third kappa shape index (κ3) is 2.57. The normalized spacial score (nSPS) is 16.7. The molecule has 1 unspecified atom stereocenters. The Balaban J connectivity index is 2.01. The van der Waals surface area contributed by atoms with Crippen molar-refractivity contribution in [2.75, 3.05) is 17.7 Å². The van der Waals surface area contributed by atoms with Crippen LogP contribution in [0.3, 0.4) is 0 Å². The largest absolute Gasteiger partial charge is 0.480 e. The highest BCUT2D eigenvalue weighted by atomic mass is 16.5. The number of amidine groups is 1. The number of hydrogen-bond acceptors (Lipinski definition) is 4. The molecular weight excluding hydrogens is 262 g/mol. The lowest BCUT2D eigenvalue weighted by Crippen LogP contribution is -2.41. The zero-order chi connectivity index (χ0) is 14.8. The van der Waals surface area contributed by atoms with Crippen molar-refractivity contribution in [3.63, 3.8) is 0 Å². The van der Waals surface area contributed by atoms with Gasteiger partial charge in [-0.1, -0.05) is 25.1 Å². The summed E-state index contributed by atoms with van der Waals surface area (Å²) in [5.41, 5.74) is 8.43. The Morgan fingerprint density at radius 3 is 2.67 bits per heavy atom. The van der Waals surface area contributed by atoms with Crippen molar-refractivity contribution in [1.82, 2.24) is 0 Å². The quantitative estimate of drug-likeness (QED) is 0.856. The number of ether oxygens (including phenoxy) is 1. The zero-order valence-corrected chi connectivity index (χ0v) is 12.3. The number of likely N-dealkylation sites (N-methyl/N-ethyl adjacent to an activating group) is 1. The van der Waals surface area contributed by atoms with Gasteiger partial charge in [0.15, 0.2) is 11.9 Å². The number of nitrogen functional groups attached to an aromatic ring is 1. The van der Waals surface area contributed by atoms with Gasteiger partial charge in [-0.25, -0.2) is 4.99 Å². The first-order valence-corrected chi connectivity index (χ1v) is 7.12. The fourth-order valence-electron chi connectivity index (χ4n) is 2.46. The second-order valence-electron chi connectivity index (χ2n) is 5.11. The minimum atomic E-state index is -0.0653. The second kappa shape index (κ2) is 5.48. The van der Waals surface area contributed by atoms with E-state index in [0.29, 0.717) is 5.69 Å². The zero-order valence-electron chi connectivity index (χ0n) is 12.3. The van der Waals surface area contributed by atoms with Gasteiger partial charge in [-0.15, -0.1) is 0 Å². The Morgan fingerprint density at radius 2 is 1.95 bits per heavy atom. The molecule has 0 fully saturated rings. The van der Waals surface area contributed by atoms with Crippen LogP contribution in [-0.2, 0) is 0 Å². The van der Waals surface area contributed by atoms with Gasteiger partial charge in [0.25, 0.3) is 0 Å². The molecule has 0 spiro atoms. The Morgan fingerprint density at radius 1 is 1.19 bits per heavy atom. The van der Waals surface area contributed by atoms with Crippen LogP contribution in [0.15, 0.2) is 53.5 Å². The summed E-state index contributed by atoms with van der Waals surface area (Å²) in [7, 11) is 2.02.